The van der Waals surface area contributed by atoms with Crippen molar-refractivity contribution in [2.24, 2.45) is 7.05 Å². The smallest absolute Gasteiger partial charge is 0.435 e. The lowest BCUT2D eigenvalue weighted by molar-refractivity contribution is -0.295. The van der Waals surface area contributed by atoms with Gasteiger partial charge in [-0.1, -0.05) is 55.1 Å². The number of aryl methyl sites for hydroxylation is 1. The number of nitrogens with zero attached hydrogens (tertiary/aromatic N) is 2. The van der Waals surface area contributed by atoms with Crippen LogP contribution in [0.1, 0.15) is 60.4 Å². The van der Waals surface area contributed by atoms with Gasteiger partial charge in [-0.25, -0.2) is 0 Å². The largest absolute Gasteiger partial charge is 0.545 e. The van der Waals surface area contributed by atoms with Gasteiger partial charge in [0.25, 0.3) is 0 Å². The maximum atomic E-state index is 13.2. The van der Waals surface area contributed by atoms with Crippen LogP contribution in [0.15, 0.2) is 24.3 Å². The van der Waals surface area contributed by atoms with Crippen LogP contribution in [0.3, 0.4) is 0 Å². The molecule has 0 spiro atoms. The van der Waals surface area contributed by atoms with Crippen LogP contribution in [0.2, 0.25) is 5.15 Å². The second-order valence-corrected chi connectivity index (χ2v) is 7.33. The van der Waals surface area contributed by atoms with Crippen LogP contribution < -0.4 is 5.11 Å². The van der Waals surface area contributed by atoms with Gasteiger partial charge in [-0.15, -0.1) is 0 Å². The Kier molecular flexibility index (Phi) is 5.84. The van der Waals surface area contributed by atoms with Crippen LogP contribution in [-0.4, -0.2) is 15.7 Å². The monoisotopic (exact) mass is 411 g/mol. The molecule has 4 nitrogen and oxygen atoms in total. The zero-order chi connectivity index (χ0) is 20.5. The average molecular weight is 412 g/mol. The normalized spacial score (nSPS) is 16.4. The molecule has 1 saturated carbocycles. The number of carboxylic acid groups (broad SMARTS) is 1. The zero-order valence-corrected chi connectivity index (χ0v) is 16.0. The van der Waals surface area contributed by atoms with Gasteiger partial charge < -0.3 is 9.90 Å². The van der Waals surface area contributed by atoms with Crippen molar-refractivity contribution < 1.29 is 23.1 Å². The fraction of sp³-hybridized carbons (Fsp3) is 0.400. The van der Waals surface area contributed by atoms with Crippen LogP contribution in [0.4, 0.5) is 13.2 Å². The van der Waals surface area contributed by atoms with Gasteiger partial charge in [0.2, 0.25) is 0 Å². The molecule has 150 valence electrons. The van der Waals surface area contributed by atoms with Gasteiger partial charge in [-0.05, 0) is 36.0 Å². The second kappa shape index (κ2) is 7.99. The lowest BCUT2D eigenvalue weighted by Crippen LogP contribution is -2.23. The number of carbonyl (C=O) groups is 1. The minimum absolute atomic E-state index is 0.257. The summed E-state index contributed by atoms with van der Waals surface area (Å²) in [6.45, 7) is 0. The number of hydrogen-bond acceptors (Lipinski definition) is 3. The molecule has 0 N–H and O–H groups in total. The summed E-state index contributed by atoms with van der Waals surface area (Å²) in [6, 6.07) is 6.86. The van der Waals surface area contributed by atoms with Gasteiger partial charge in [0, 0.05) is 18.2 Å². The van der Waals surface area contributed by atoms with E-state index in [1.165, 1.54) is 13.5 Å². The maximum absolute atomic E-state index is 13.2. The van der Waals surface area contributed by atoms with Crippen LogP contribution in [0, 0.1) is 0 Å². The molecule has 0 unspecified atom stereocenters. The second-order valence-electron chi connectivity index (χ2n) is 6.98. The van der Waals surface area contributed by atoms with E-state index in [2.05, 4.69) is 5.10 Å². The molecule has 0 amide bonds. The maximum Gasteiger partial charge on any atom is 0.435 e. The van der Waals surface area contributed by atoms with Crippen molar-refractivity contribution in [2.45, 2.75) is 44.2 Å². The minimum atomic E-state index is -4.77. The summed E-state index contributed by atoms with van der Waals surface area (Å²) in [4.78, 5) is 11.6. The highest BCUT2D eigenvalue weighted by Gasteiger charge is 2.38. The van der Waals surface area contributed by atoms with Crippen molar-refractivity contribution in [3.8, 4) is 0 Å². The molecule has 1 heterocycles. The van der Waals surface area contributed by atoms with E-state index in [1.807, 2.05) is 12.1 Å². The molecule has 8 heteroatoms. The number of halogens is 4. The summed E-state index contributed by atoms with van der Waals surface area (Å²) >= 11 is 5.93. The Morgan fingerprint density at radius 2 is 1.82 bits per heavy atom. The lowest BCUT2D eigenvalue weighted by Gasteiger charge is -2.22. The number of aliphatic carboxylic acids is 1. The van der Waals surface area contributed by atoms with Crippen molar-refractivity contribution in [1.82, 2.24) is 9.78 Å². The van der Waals surface area contributed by atoms with Gasteiger partial charge in [-0.3, -0.25) is 4.68 Å². The van der Waals surface area contributed by atoms with Gasteiger partial charge >= 0.3 is 6.18 Å². The first-order valence-corrected chi connectivity index (χ1v) is 9.39. The summed E-state index contributed by atoms with van der Waals surface area (Å²) in [6.07, 6.45) is 1.83. The Balaban J connectivity index is 2.00. The number of benzene rings is 1. The molecule has 1 aromatic carbocycles. The van der Waals surface area contributed by atoms with Crippen LogP contribution in [0.5, 0.6) is 0 Å². The molecule has 0 saturated heterocycles. The SMILES string of the molecule is Cn1nc(C(F)(F)F)c(C=C(C(=O)[O-])c2ccc(C3CCCCC3)cc2)c1Cl. The molecular formula is C20H19ClF3N2O2-. The Hall–Kier alpha value is -2.28. The first-order valence-electron chi connectivity index (χ1n) is 9.01. The molecular weight excluding hydrogens is 393 g/mol. The highest BCUT2D eigenvalue weighted by molar-refractivity contribution is 6.32. The molecule has 0 aliphatic heterocycles. The summed E-state index contributed by atoms with van der Waals surface area (Å²) in [7, 11) is 1.26. The molecule has 1 aliphatic rings. The van der Waals surface area contributed by atoms with Gasteiger partial charge in [0.05, 0.1) is 5.97 Å². The average Bonchev–Trinajstić information content (AvgIpc) is 2.95. The topological polar surface area (TPSA) is 58.0 Å². The molecule has 0 bridgehead atoms. The Bertz CT molecular complexity index is 895. The quantitative estimate of drug-likeness (QED) is 0.699. The Morgan fingerprint density at radius 3 is 2.36 bits per heavy atom. The minimum Gasteiger partial charge on any atom is -0.545 e. The van der Waals surface area contributed by atoms with Gasteiger partial charge in [-0.2, -0.15) is 18.3 Å². The third kappa shape index (κ3) is 4.24. The fourth-order valence-corrected chi connectivity index (χ4v) is 3.81. The molecule has 1 fully saturated rings. The van der Waals surface area contributed by atoms with Crippen molar-refractivity contribution in [2.75, 3.05) is 0 Å². The number of aromatic nitrogens is 2. The summed E-state index contributed by atoms with van der Waals surface area (Å²) < 4.78 is 40.5. The Labute approximate surface area is 165 Å². The van der Waals surface area contributed by atoms with Crippen molar-refractivity contribution in [1.29, 1.82) is 0 Å². The molecule has 28 heavy (non-hydrogen) atoms. The van der Waals surface area contributed by atoms with Crippen molar-refractivity contribution in [3.05, 3.63) is 51.8 Å². The van der Waals surface area contributed by atoms with Crippen LogP contribution >= 0.6 is 11.6 Å². The lowest BCUT2D eigenvalue weighted by atomic mass is 9.83. The molecule has 0 atom stereocenters. The van der Waals surface area contributed by atoms with E-state index >= 15 is 0 Å². The van der Waals surface area contributed by atoms with Crippen LogP contribution in [-0.2, 0) is 18.0 Å². The number of alkyl halides is 3. The highest BCUT2D eigenvalue weighted by Crippen LogP contribution is 2.37. The summed E-state index contributed by atoms with van der Waals surface area (Å²) in [5, 5.41) is 14.7. The Morgan fingerprint density at radius 1 is 1.21 bits per heavy atom. The highest BCUT2D eigenvalue weighted by atomic mass is 35.5. The first-order chi connectivity index (χ1) is 13.2. The summed E-state index contributed by atoms with van der Waals surface area (Å²) in [5.41, 5.74) is -0.746. The van der Waals surface area contributed by atoms with E-state index in [4.69, 9.17) is 11.6 Å². The number of rotatable bonds is 4. The molecule has 2 aromatic rings. The van der Waals surface area contributed by atoms with Crippen molar-refractivity contribution in [3.63, 3.8) is 0 Å². The first kappa shape index (κ1) is 20.5. The van der Waals surface area contributed by atoms with E-state index in [-0.39, 0.29) is 16.3 Å². The van der Waals surface area contributed by atoms with Gasteiger partial charge in [0.1, 0.15) is 5.15 Å². The predicted octanol–water partition coefficient (Wildman–Crippen LogP) is 4.43. The zero-order valence-electron chi connectivity index (χ0n) is 15.2. The fourth-order valence-electron chi connectivity index (χ4n) is 3.63. The number of hydrogen-bond donors (Lipinski definition) is 0. The molecule has 1 aliphatic carbocycles. The number of carboxylic acids is 1. The van der Waals surface area contributed by atoms with Gasteiger partial charge in [0.15, 0.2) is 5.69 Å². The predicted molar refractivity (Wildman–Crippen MR) is 98.4 cm³/mol. The van der Waals surface area contributed by atoms with E-state index in [1.54, 1.807) is 12.1 Å². The van der Waals surface area contributed by atoms with E-state index in [0.29, 0.717) is 5.92 Å². The third-order valence-electron chi connectivity index (χ3n) is 5.09. The molecule has 0 radical (unpaired) electrons. The number of carbonyl (C=O) groups excluding carboxylic acids is 1. The summed E-state index contributed by atoms with van der Waals surface area (Å²) in [5.74, 6) is -1.15. The molecule has 3 rings (SSSR count). The van der Waals surface area contributed by atoms with E-state index < -0.39 is 23.4 Å². The third-order valence-corrected chi connectivity index (χ3v) is 5.54. The standard InChI is InChI=1S/C20H20ClF3N2O2/c1-26-18(21)16(17(25-26)20(22,23)24)11-15(19(27)28)14-9-7-13(8-10-14)12-5-3-2-4-6-12/h7-12H,2-6H2,1H3,(H,27,28)/p-1. The van der Waals surface area contributed by atoms with E-state index in [9.17, 15) is 23.1 Å². The van der Waals surface area contributed by atoms with E-state index in [0.717, 1.165) is 42.0 Å². The molecule has 1 aromatic heterocycles. The van der Waals surface area contributed by atoms with Crippen molar-refractivity contribution >= 4 is 29.2 Å². The van der Waals surface area contributed by atoms with Crippen LogP contribution in [0.25, 0.3) is 11.6 Å².